The van der Waals surface area contributed by atoms with Gasteiger partial charge in [0, 0.05) is 12.8 Å². The van der Waals surface area contributed by atoms with Crippen molar-refractivity contribution < 1.29 is 42.1 Å². The Kier molecular flexibility index (Phi) is 25.8. The highest BCUT2D eigenvalue weighted by molar-refractivity contribution is 7.47. The molecule has 0 aromatic rings. The molecule has 0 aliphatic rings. The molecule has 1 unspecified atom stereocenters. The third-order valence-corrected chi connectivity index (χ3v) is 8.12. The van der Waals surface area contributed by atoms with Crippen LogP contribution in [0, 0.1) is 0 Å². The van der Waals surface area contributed by atoms with E-state index in [9.17, 15) is 19.0 Å². The van der Waals surface area contributed by atoms with E-state index in [1.807, 2.05) is 21.1 Å². The van der Waals surface area contributed by atoms with Crippen molar-refractivity contribution in [1.29, 1.82) is 0 Å². The highest BCUT2D eigenvalue weighted by atomic mass is 31.2. The van der Waals surface area contributed by atoms with Crippen LogP contribution in [0.2, 0.25) is 0 Å². The summed E-state index contributed by atoms with van der Waals surface area (Å²) in [6.07, 6.45) is 20.2. The van der Waals surface area contributed by atoms with Crippen LogP contribution in [-0.4, -0.2) is 74.9 Å². The van der Waals surface area contributed by atoms with Gasteiger partial charge in [-0.05, 0) is 12.8 Å². The second kappa shape index (κ2) is 26.4. The van der Waals surface area contributed by atoms with Crippen molar-refractivity contribution in [2.75, 3.05) is 47.5 Å². The molecule has 0 aromatic carbocycles. The average molecular weight is 623 g/mol. The summed E-state index contributed by atoms with van der Waals surface area (Å²) < 4.78 is 33.9. The summed E-state index contributed by atoms with van der Waals surface area (Å²) in [5, 5.41) is 0. The van der Waals surface area contributed by atoms with Crippen LogP contribution >= 0.6 is 7.82 Å². The van der Waals surface area contributed by atoms with E-state index in [0.717, 1.165) is 32.1 Å². The van der Waals surface area contributed by atoms with Crippen LogP contribution in [0.25, 0.3) is 0 Å². The lowest BCUT2D eigenvalue weighted by Crippen LogP contribution is -2.37. The number of hydrogen-bond acceptors (Lipinski definition) is 7. The molecule has 10 heteroatoms. The fraction of sp³-hybridized carbons (Fsp3) is 0.938. The number of rotatable bonds is 30. The number of esters is 2. The van der Waals surface area contributed by atoms with Gasteiger partial charge in [-0.25, -0.2) is 4.57 Å². The predicted octanol–water partition coefficient (Wildman–Crippen LogP) is 8.12. The first-order chi connectivity index (χ1) is 20.0. The molecule has 0 aliphatic carbocycles. The van der Waals surface area contributed by atoms with Crippen LogP contribution in [0.5, 0.6) is 0 Å². The molecule has 0 aromatic heterocycles. The Labute approximate surface area is 257 Å². The van der Waals surface area contributed by atoms with E-state index in [1.54, 1.807) is 0 Å². The van der Waals surface area contributed by atoms with Crippen LogP contribution in [0.3, 0.4) is 0 Å². The fourth-order valence-corrected chi connectivity index (χ4v) is 5.17. The van der Waals surface area contributed by atoms with E-state index < -0.39 is 26.5 Å². The third kappa shape index (κ3) is 29.1. The zero-order chi connectivity index (χ0) is 31.5. The quantitative estimate of drug-likeness (QED) is 0.0370. The molecule has 2 atom stereocenters. The van der Waals surface area contributed by atoms with Crippen molar-refractivity contribution in [3.8, 4) is 0 Å². The molecular formula is C32H65NO8P+. The monoisotopic (exact) mass is 622 g/mol. The van der Waals surface area contributed by atoms with Gasteiger partial charge in [0.2, 0.25) is 0 Å². The van der Waals surface area contributed by atoms with Gasteiger partial charge in [-0.15, -0.1) is 0 Å². The largest absolute Gasteiger partial charge is 0.472 e. The van der Waals surface area contributed by atoms with Crippen LogP contribution in [0.1, 0.15) is 142 Å². The molecule has 0 rings (SSSR count). The number of ether oxygens (including phenoxy) is 2. The molecule has 0 saturated carbocycles. The standard InChI is InChI=1S/C32H64NO8P/c1-6-8-10-12-14-16-17-19-21-23-25-32(35)41-30(29-40-42(36,37)39-27-26-33(3,4)5)28-38-31(34)24-22-20-18-15-13-11-9-7-2/h30H,6-29H2,1-5H3/p+1/t30-/m1/s1. The minimum atomic E-state index is -4.35. The number of hydrogen-bond donors (Lipinski definition) is 1. The second-order valence-corrected chi connectivity index (χ2v) is 14.0. The third-order valence-electron chi connectivity index (χ3n) is 7.14. The number of phosphoric ester groups is 1. The number of quaternary nitrogens is 1. The number of likely N-dealkylation sites (N-methyl/N-ethyl adjacent to an activating group) is 1. The van der Waals surface area contributed by atoms with Crippen LogP contribution in [-0.2, 0) is 32.7 Å². The maximum atomic E-state index is 12.5. The van der Waals surface area contributed by atoms with Gasteiger partial charge in [-0.3, -0.25) is 18.6 Å². The molecule has 0 spiro atoms. The molecule has 0 saturated heterocycles. The first-order valence-electron chi connectivity index (χ1n) is 16.8. The van der Waals surface area contributed by atoms with E-state index in [1.165, 1.54) is 77.0 Å². The minimum absolute atomic E-state index is 0.0358. The summed E-state index contributed by atoms with van der Waals surface area (Å²) >= 11 is 0. The van der Waals surface area contributed by atoms with Gasteiger partial charge in [-0.1, -0.05) is 117 Å². The van der Waals surface area contributed by atoms with Crippen molar-refractivity contribution in [2.24, 2.45) is 0 Å². The van der Waals surface area contributed by atoms with E-state index in [4.69, 9.17) is 18.5 Å². The summed E-state index contributed by atoms with van der Waals surface area (Å²) in [5.74, 6) is -0.802. The highest BCUT2D eigenvalue weighted by Gasteiger charge is 2.27. The molecule has 250 valence electrons. The Morgan fingerprint density at radius 1 is 0.643 bits per heavy atom. The first-order valence-corrected chi connectivity index (χ1v) is 18.3. The van der Waals surface area contributed by atoms with Gasteiger partial charge in [0.1, 0.15) is 19.8 Å². The van der Waals surface area contributed by atoms with Gasteiger partial charge in [0.05, 0.1) is 27.7 Å². The summed E-state index contributed by atoms with van der Waals surface area (Å²) in [6, 6.07) is 0. The van der Waals surface area contributed by atoms with Crippen molar-refractivity contribution in [1.82, 2.24) is 0 Å². The normalized spacial score (nSPS) is 14.0. The summed E-state index contributed by atoms with van der Waals surface area (Å²) in [4.78, 5) is 34.8. The topological polar surface area (TPSA) is 108 Å². The Morgan fingerprint density at radius 2 is 1.07 bits per heavy atom. The summed E-state index contributed by atoms with van der Waals surface area (Å²) in [5.41, 5.74) is 0. The average Bonchev–Trinajstić information content (AvgIpc) is 2.92. The van der Waals surface area contributed by atoms with Crippen molar-refractivity contribution in [2.45, 2.75) is 148 Å². The van der Waals surface area contributed by atoms with E-state index >= 15 is 0 Å². The molecule has 0 radical (unpaired) electrons. The highest BCUT2D eigenvalue weighted by Crippen LogP contribution is 2.43. The molecule has 0 heterocycles. The molecule has 0 aliphatic heterocycles. The van der Waals surface area contributed by atoms with Crippen molar-refractivity contribution in [3.05, 3.63) is 0 Å². The van der Waals surface area contributed by atoms with Crippen LogP contribution < -0.4 is 0 Å². The number of carbonyl (C=O) groups excluding carboxylic acids is 2. The van der Waals surface area contributed by atoms with E-state index in [2.05, 4.69) is 13.8 Å². The Hall–Kier alpha value is -0.990. The first kappa shape index (κ1) is 41.0. The van der Waals surface area contributed by atoms with E-state index in [0.29, 0.717) is 23.9 Å². The van der Waals surface area contributed by atoms with Crippen molar-refractivity contribution in [3.63, 3.8) is 0 Å². The predicted molar refractivity (Wildman–Crippen MR) is 169 cm³/mol. The number of phosphoric acid groups is 1. The van der Waals surface area contributed by atoms with Gasteiger partial charge in [0.25, 0.3) is 0 Å². The Balaban J connectivity index is 4.51. The van der Waals surface area contributed by atoms with Crippen LogP contribution in [0.15, 0.2) is 0 Å². The lowest BCUT2D eigenvalue weighted by Gasteiger charge is -2.24. The van der Waals surface area contributed by atoms with E-state index in [-0.39, 0.29) is 25.6 Å². The maximum absolute atomic E-state index is 12.5. The maximum Gasteiger partial charge on any atom is 0.472 e. The smallest absolute Gasteiger partial charge is 0.462 e. The van der Waals surface area contributed by atoms with Gasteiger partial charge in [-0.2, -0.15) is 0 Å². The molecule has 0 amide bonds. The van der Waals surface area contributed by atoms with Gasteiger partial charge in [0.15, 0.2) is 6.10 Å². The molecule has 9 nitrogen and oxygen atoms in total. The number of nitrogens with zero attached hydrogens (tertiary/aromatic N) is 1. The number of unbranched alkanes of at least 4 members (excludes halogenated alkanes) is 16. The fourth-order valence-electron chi connectivity index (χ4n) is 4.42. The molecule has 1 N–H and O–H groups in total. The second-order valence-electron chi connectivity index (χ2n) is 12.6. The zero-order valence-corrected chi connectivity index (χ0v) is 28.6. The number of carbonyl (C=O) groups is 2. The van der Waals surface area contributed by atoms with Gasteiger partial charge < -0.3 is 18.9 Å². The summed E-state index contributed by atoms with van der Waals surface area (Å²) in [6.45, 7) is 4.35. The lowest BCUT2D eigenvalue weighted by atomic mass is 10.1. The van der Waals surface area contributed by atoms with Crippen LogP contribution in [0.4, 0.5) is 0 Å². The minimum Gasteiger partial charge on any atom is -0.462 e. The van der Waals surface area contributed by atoms with Gasteiger partial charge >= 0.3 is 19.8 Å². The zero-order valence-electron chi connectivity index (χ0n) is 27.7. The SMILES string of the molecule is CCCCCCCCCCCCC(=O)O[C@H](COC(=O)CCCCCCCCCC)COP(=O)(O)OCC[N+](C)(C)C. The molecule has 42 heavy (non-hydrogen) atoms. The lowest BCUT2D eigenvalue weighted by molar-refractivity contribution is -0.870. The molecule has 0 bridgehead atoms. The summed E-state index contributed by atoms with van der Waals surface area (Å²) in [7, 11) is 1.48. The Bertz CT molecular complexity index is 713. The Morgan fingerprint density at radius 3 is 1.52 bits per heavy atom. The molecular weight excluding hydrogens is 557 g/mol. The van der Waals surface area contributed by atoms with Crippen molar-refractivity contribution >= 4 is 19.8 Å². The molecule has 0 fully saturated rings.